The second-order valence-electron chi connectivity index (χ2n) is 7.69. The fraction of sp³-hybridized carbons (Fsp3) is 1.00. The summed E-state index contributed by atoms with van der Waals surface area (Å²) in [6.45, 7) is 18.6. The van der Waals surface area contributed by atoms with Gasteiger partial charge in [-0.05, 0) is 79.6 Å². The minimum atomic E-state index is 0.251. The second-order valence-corrected chi connectivity index (χ2v) is 7.69. The van der Waals surface area contributed by atoms with Crippen LogP contribution < -0.4 is 10.6 Å². The summed E-state index contributed by atoms with van der Waals surface area (Å²) in [4.78, 5) is 2.51. The van der Waals surface area contributed by atoms with E-state index in [9.17, 15) is 0 Å². The molecule has 0 amide bonds. The van der Waals surface area contributed by atoms with E-state index < -0.39 is 0 Å². The van der Waals surface area contributed by atoms with Crippen molar-refractivity contribution in [1.29, 1.82) is 0 Å². The maximum Gasteiger partial charge on any atom is 0.0144 e. The van der Waals surface area contributed by atoms with Gasteiger partial charge in [-0.3, -0.25) is 0 Å². The van der Waals surface area contributed by atoms with E-state index in [2.05, 4.69) is 57.1 Å². The Labute approximate surface area is 126 Å². The van der Waals surface area contributed by atoms with Gasteiger partial charge in [0.1, 0.15) is 0 Å². The lowest BCUT2D eigenvalue weighted by Crippen LogP contribution is -2.61. The van der Waals surface area contributed by atoms with Crippen molar-refractivity contribution in [3.63, 3.8) is 0 Å². The number of hydrogen-bond donors (Lipinski definition) is 2. The van der Waals surface area contributed by atoms with Crippen molar-refractivity contribution in [3.8, 4) is 0 Å². The standard InChI is InChI=1S/C17H37N3/c1-7-20(8-2)12-10-9-11-18-15-13-16(3,4)19-17(5,6)14-15/h15,18-19H,7-14H2,1-6H3. The molecule has 1 saturated heterocycles. The molecule has 0 aromatic rings. The van der Waals surface area contributed by atoms with Crippen molar-refractivity contribution in [1.82, 2.24) is 15.5 Å². The Morgan fingerprint density at radius 3 is 2.05 bits per heavy atom. The second kappa shape index (κ2) is 7.77. The van der Waals surface area contributed by atoms with Gasteiger partial charge in [-0.25, -0.2) is 0 Å². The van der Waals surface area contributed by atoms with Crippen molar-refractivity contribution in [2.24, 2.45) is 0 Å². The lowest BCUT2D eigenvalue weighted by atomic mass is 9.79. The largest absolute Gasteiger partial charge is 0.314 e. The molecule has 3 heteroatoms. The number of nitrogens with one attached hydrogen (secondary N) is 2. The fourth-order valence-electron chi connectivity index (χ4n) is 3.77. The van der Waals surface area contributed by atoms with Crippen molar-refractivity contribution >= 4 is 0 Å². The van der Waals surface area contributed by atoms with E-state index in [-0.39, 0.29) is 11.1 Å². The van der Waals surface area contributed by atoms with E-state index in [1.807, 2.05) is 0 Å². The van der Waals surface area contributed by atoms with Crippen molar-refractivity contribution in [2.45, 2.75) is 84.3 Å². The summed E-state index contributed by atoms with van der Waals surface area (Å²) < 4.78 is 0. The highest BCUT2D eigenvalue weighted by Crippen LogP contribution is 2.28. The summed E-state index contributed by atoms with van der Waals surface area (Å²) in [5.41, 5.74) is 0.501. The van der Waals surface area contributed by atoms with Crippen LogP contribution in [0.15, 0.2) is 0 Å². The molecule has 0 radical (unpaired) electrons. The maximum atomic E-state index is 3.78. The number of hydrogen-bond acceptors (Lipinski definition) is 3. The Kier molecular flexibility index (Phi) is 6.96. The zero-order valence-electron chi connectivity index (χ0n) is 14.7. The summed E-state index contributed by atoms with van der Waals surface area (Å²) in [6.07, 6.45) is 5.06. The average molecular weight is 284 g/mol. The topological polar surface area (TPSA) is 27.3 Å². The van der Waals surface area contributed by atoms with Gasteiger partial charge in [-0.1, -0.05) is 13.8 Å². The van der Waals surface area contributed by atoms with Crippen molar-refractivity contribution in [2.75, 3.05) is 26.2 Å². The van der Waals surface area contributed by atoms with Crippen LogP contribution >= 0.6 is 0 Å². The number of unbranched alkanes of at least 4 members (excludes halogenated alkanes) is 1. The van der Waals surface area contributed by atoms with Gasteiger partial charge in [0.15, 0.2) is 0 Å². The van der Waals surface area contributed by atoms with Gasteiger partial charge in [0.05, 0.1) is 0 Å². The molecule has 120 valence electrons. The quantitative estimate of drug-likeness (QED) is 0.671. The van der Waals surface area contributed by atoms with Gasteiger partial charge in [0.25, 0.3) is 0 Å². The van der Waals surface area contributed by atoms with E-state index in [1.54, 1.807) is 0 Å². The predicted molar refractivity (Wildman–Crippen MR) is 89.3 cm³/mol. The van der Waals surface area contributed by atoms with E-state index in [1.165, 1.54) is 45.3 Å². The average Bonchev–Trinajstić information content (AvgIpc) is 2.30. The van der Waals surface area contributed by atoms with Crippen LogP contribution in [0.3, 0.4) is 0 Å². The van der Waals surface area contributed by atoms with E-state index in [0.29, 0.717) is 6.04 Å². The van der Waals surface area contributed by atoms with Crippen LogP contribution in [-0.4, -0.2) is 48.2 Å². The number of rotatable bonds is 8. The normalized spacial score (nSPS) is 22.4. The summed E-state index contributed by atoms with van der Waals surface area (Å²) in [5.74, 6) is 0. The van der Waals surface area contributed by atoms with Crippen molar-refractivity contribution < 1.29 is 0 Å². The van der Waals surface area contributed by atoms with Gasteiger partial charge in [-0.15, -0.1) is 0 Å². The van der Waals surface area contributed by atoms with Crippen LogP contribution in [0.1, 0.15) is 67.2 Å². The molecule has 0 spiro atoms. The van der Waals surface area contributed by atoms with Crippen molar-refractivity contribution in [3.05, 3.63) is 0 Å². The predicted octanol–water partition coefficient (Wildman–Crippen LogP) is 3.01. The van der Waals surface area contributed by atoms with E-state index >= 15 is 0 Å². The molecule has 1 fully saturated rings. The Morgan fingerprint density at radius 2 is 1.55 bits per heavy atom. The Bertz CT molecular complexity index is 253. The SMILES string of the molecule is CCN(CC)CCCCNC1CC(C)(C)NC(C)(C)C1. The van der Waals surface area contributed by atoms with Crippen LogP contribution in [0.4, 0.5) is 0 Å². The van der Waals surface area contributed by atoms with Crippen LogP contribution in [0.2, 0.25) is 0 Å². The molecule has 0 saturated carbocycles. The monoisotopic (exact) mass is 283 g/mol. The van der Waals surface area contributed by atoms with Gasteiger partial charge in [0.2, 0.25) is 0 Å². The summed E-state index contributed by atoms with van der Waals surface area (Å²) >= 11 is 0. The minimum Gasteiger partial charge on any atom is -0.314 e. The third kappa shape index (κ3) is 6.55. The molecule has 0 unspecified atom stereocenters. The van der Waals surface area contributed by atoms with E-state index in [4.69, 9.17) is 0 Å². The lowest BCUT2D eigenvalue weighted by Gasteiger charge is -2.46. The lowest BCUT2D eigenvalue weighted by molar-refractivity contribution is 0.146. The fourth-order valence-corrected chi connectivity index (χ4v) is 3.77. The molecule has 0 aliphatic carbocycles. The molecule has 0 aromatic carbocycles. The molecule has 1 heterocycles. The molecule has 1 rings (SSSR count). The van der Waals surface area contributed by atoms with Crippen LogP contribution in [0.25, 0.3) is 0 Å². The molecule has 1 aliphatic heterocycles. The Morgan fingerprint density at radius 1 is 1.00 bits per heavy atom. The molecule has 0 aromatic heterocycles. The van der Waals surface area contributed by atoms with Gasteiger partial charge < -0.3 is 15.5 Å². The highest BCUT2D eigenvalue weighted by atomic mass is 15.1. The summed E-state index contributed by atoms with van der Waals surface area (Å²) in [5, 5.41) is 7.53. The highest BCUT2D eigenvalue weighted by molar-refractivity contribution is 4.99. The molecule has 0 atom stereocenters. The number of nitrogens with zero attached hydrogens (tertiary/aromatic N) is 1. The summed E-state index contributed by atoms with van der Waals surface area (Å²) in [6, 6.07) is 0.662. The molecule has 3 nitrogen and oxygen atoms in total. The highest BCUT2D eigenvalue weighted by Gasteiger charge is 2.37. The molecule has 1 aliphatic rings. The molecule has 0 bridgehead atoms. The Hall–Kier alpha value is -0.120. The first-order valence-corrected chi connectivity index (χ1v) is 8.53. The molecular formula is C17H37N3. The van der Waals surface area contributed by atoms with Gasteiger partial charge in [-0.2, -0.15) is 0 Å². The van der Waals surface area contributed by atoms with Crippen LogP contribution in [-0.2, 0) is 0 Å². The first-order valence-electron chi connectivity index (χ1n) is 8.53. The molecule has 2 N–H and O–H groups in total. The third-order valence-electron chi connectivity index (χ3n) is 4.42. The van der Waals surface area contributed by atoms with Gasteiger partial charge in [0, 0.05) is 17.1 Å². The maximum absolute atomic E-state index is 3.78. The Balaban J connectivity index is 2.21. The number of piperidine rings is 1. The molecule has 20 heavy (non-hydrogen) atoms. The summed E-state index contributed by atoms with van der Waals surface area (Å²) in [7, 11) is 0. The first kappa shape index (κ1) is 17.9. The smallest absolute Gasteiger partial charge is 0.0144 e. The first-order chi connectivity index (χ1) is 9.28. The zero-order chi connectivity index (χ0) is 15.2. The van der Waals surface area contributed by atoms with E-state index in [0.717, 1.165) is 6.54 Å². The minimum absolute atomic E-state index is 0.251. The van der Waals surface area contributed by atoms with Gasteiger partial charge >= 0.3 is 0 Å². The molecular weight excluding hydrogens is 246 g/mol. The van der Waals surface area contributed by atoms with Crippen LogP contribution in [0.5, 0.6) is 0 Å². The zero-order valence-corrected chi connectivity index (χ0v) is 14.7. The third-order valence-corrected chi connectivity index (χ3v) is 4.42. The van der Waals surface area contributed by atoms with Crippen LogP contribution in [0, 0.1) is 0 Å².